The van der Waals surface area contributed by atoms with Crippen molar-refractivity contribution in [2.75, 3.05) is 4.90 Å². The van der Waals surface area contributed by atoms with Crippen LogP contribution in [-0.4, -0.2) is 4.57 Å². The quantitative estimate of drug-likeness (QED) is 0.196. The molecule has 3 heteroatoms. The fourth-order valence-corrected chi connectivity index (χ4v) is 8.31. The number of aromatic nitrogens is 1. The summed E-state index contributed by atoms with van der Waals surface area (Å²) in [5, 5.41) is 4.68. The molecule has 2 heterocycles. The van der Waals surface area contributed by atoms with Gasteiger partial charge < -0.3 is 13.9 Å². The summed E-state index contributed by atoms with van der Waals surface area (Å²) in [6.45, 7) is 4.73. The smallest absolute Gasteiger partial charge is 0.137 e. The Morgan fingerprint density at radius 1 is 0.521 bits per heavy atom. The van der Waals surface area contributed by atoms with Crippen LogP contribution in [0.25, 0.3) is 60.6 Å². The minimum atomic E-state index is -0.194. The van der Waals surface area contributed by atoms with Gasteiger partial charge in [0.15, 0.2) is 0 Å². The molecule has 7 aromatic carbocycles. The molecular formula is C45H32N2O. The number of anilines is 3. The summed E-state index contributed by atoms with van der Waals surface area (Å²) >= 11 is 0. The number of hydrogen-bond acceptors (Lipinski definition) is 2. The molecule has 0 saturated carbocycles. The Balaban J connectivity index is 1.31. The highest BCUT2D eigenvalue weighted by Crippen LogP contribution is 2.55. The molecule has 1 aliphatic rings. The van der Waals surface area contributed by atoms with E-state index >= 15 is 0 Å². The third kappa shape index (κ3) is 3.70. The van der Waals surface area contributed by atoms with Crippen molar-refractivity contribution in [2.45, 2.75) is 19.3 Å². The molecule has 10 rings (SSSR count). The van der Waals surface area contributed by atoms with Crippen molar-refractivity contribution in [2.24, 2.45) is 0 Å². The van der Waals surface area contributed by atoms with Gasteiger partial charge in [0.05, 0.1) is 27.8 Å². The van der Waals surface area contributed by atoms with E-state index < -0.39 is 0 Å². The Bertz CT molecular complexity index is 2710. The molecule has 0 spiro atoms. The van der Waals surface area contributed by atoms with Gasteiger partial charge in [0.1, 0.15) is 11.2 Å². The van der Waals surface area contributed by atoms with Crippen LogP contribution in [0.15, 0.2) is 162 Å². The van der Waals surface area contributed by atoms with Crippen LogP contribution >= 0.6 is 0 Å². The fraction of sp³-hybridized carbons (Fsp3) is 0.0667. The number of furan rings is 1. The lowest BCUT2D eigenvalue weighted by Crippen LogP contribution is -2.20. The minimum Gasteiger partial charge on any atom is -0.456 e. The van der Waals surface area contributed by atoms with E-state index in [4.69, 9.17) is 4.42 Å². The molecule has 2 aromatic heterocycles. The molecule has 0 amide bonds. The first-order valence-corrected chi connectivity index (χ1v) is 16.6. The minimum absolute atomic E-state index is 0.194. The Labute approximate surface area is 278 Å². The number of benzene rings is 7. The van der Waals surface area contributed by atoms with Crippen LogP contribution in [0.1, 0.15) is 25.0 Å². The van der Waals surface area contributed by atoms with Crippen LogP contribution in [0.4, 0.5) is 17.1 Å². The second-order valence-corrected chi connectivity index (χ2v) is 13.3. The van der Waals surface area contributed by atoms with Gasteiger partial charge in [-0.25, -0.2) is 0 Å². The second-order valence-electron chi connectivity index (χ2n) is 13.3. The van der Waals surface area contributed by atoms with Gasteiger partial charge in [-0.3, -0.25) is 0 Å². The topological polar surface area (TPSA) is 21.3 Å². The Morgan fingerprint density at radius 3 is 2.08 bits per heavy atom. The molecule has 228 valence electrons. The average molecular weight is 617 g/mol. The molecule has 0 atom stereocenters. The SMILES string of the molecule is CC1(C)c2ccccc2-c2cccc(N(c3ccc4c(c3)c3ccccc3n4-c3ccccc3)c3cccc4oc5ccccc5c34)c21. The van der Waals surface area contributed by atoms with Crippen molar-refractivity contribution in [1.29, 1.82) is 0 Å². The van der Waals surface area contributed by atoms with E-state index in [1.165, 1.54) is 49.7 Å². The standard InChI is InChI=1S/C45H32N2O/c1-45(2)36-20-9-6-16-31(36)33-19-12-23-40(44(33)45)47(39-22-13-25-42-43(39)34-18-8-11-24-41(34)48-42)30-26-27-38-35(28-30)32-17-7-10-21-37(32)46(38)29-14-4-3-5-15-29/h3-28H,1-2H3. The molecule has 3 nitrogen and oxygen atoms in total. The molecule has 0 saturated heterocycles. The van der Waals surface area contributed by atoms with Crippen molar-refractivity contribution in [3.63, 3.8) is 0 Å². The van der Waals surface area contributed by atoms with E-state index in [0.717, 1.165) is 39.0 Å². The first-order chi connectivity index (χ1) is 23.6. The van der Waals surface area contributed by atoms with Gasteiger partial charge >= 0.3 is 0 Å². The second kappa shape index (κ2) is 9.97. The van der Waals surface area contributed by atoms with E-state index in [-0.39, 0.29) is 5.41 Å². The first-order valence-electron chi connectivity index (χ1n) is 16.6. The summed E-state index contributed by atoms with van der Waals surface area (Å²) in [5.41, 5.74) is 13.8. The van der Waals surface area contributed by atoms with Crippen molar-refractivity contribution in [3.8, 4) is 16.8 Å². The van der Waals surface area contributed by atoms with Crippen molar-refractivity contribution < 1.29 is 4.42 Å². The zero-order valence-corrected chi connectivity index (χ0v) is 26.8. The molecular weight excluding hydrogens is 585 g/mol. The van der Waals surface area contributed by atoms with E-state index in [2.05, 4.69) is 175 Å². The molecule has 0 bridgehead atoms. The van der Waals surface area contributed by atoms with E-state index in [9.17, 15) is 0 Å². The van der Waals surface area contributed by atoms with E-state index in [1.807, 2.05) is 6.07 Å². The van der Waals surface area contributed by atoms with E-state index in [1.54, 1.807) is 0 Å². The summed E-state index contributed by atoms with van der Waals surface area (Å²) in [4.78, 5) is 2.48. The maximum absolute atomic E-state index is 6.45. The van der Waals surface area contributed by atoms with Crippen LogP contribution in [0, 0.1) is 0 Å². The van der Waals surface area contributed by atoms with Gasteiger partial charge in [-0.1, -0.05) is 111 Å². The molecule has 48 heavy (non-hydrogen) atoms. The normalized spacial score (nSPS) is 13.4. The Kier molecular flexibility index (Phi) is 5.63. The molecule has 0 N–H and O–H groups in total. The lowest BCUT2D eigenvalue weighted by Gasteiger charge is -2.32. The zero-order chi connectivity index (χ0) is 32.0. The maximum atomic E-state index is 6.45. The highest BCUT2D eigenvalue weighted by Gasteiger charge is 2.39. The largest absolute Gasteiger partial charge is 0.456 e. The lowest BCUT2D eigenvalue weighted by molar-refractivity contribution is 0.661. The predicted molar refractivity (Wildman–Crippen MR) is 200 cm³/mol. The summed E-state index contributed by atoms with van der Waals surface area (Å²) in [6.07, 6.45) is 0. The summed E-state index contributed by atoms with van der Waals surface area (Å²) < 4.78 is 8.83. The average Bonchev–Trinajstić information content (AvgIpc) is 3.75. The Hall–Kier alpha value is -6.06. The van der Waals surface area contributed by atoms with E-state index in [0.29, 0.717) is 0 Å². The van der Waals surface area contributed by atoms with Gasteiger partial charge in [-0.15, -0.1) is 0 Å². The monoisotopic (exact) mass is 616 g/mol. The van der Waals surface area contributed by atoms with Crippen LogP contribution in [0.2, 0.25) is 0 Å². The highest BCUT2D eigenvalue weighted by molar-refractivity contribution is 6.15. The third-order valence-electron chi connectivity index (χ3n) is 10.3. The summed E-state index contributed by atoms with van der Waals surface area (Å²) in [7, 11) is 0. The van der Waals surface area contributed by atoms with Crippen LogP contribution in [0.5, 0.6) is 0 Å². The number of nitrogens with zero attached hydrogens (tertiary/aromatic N) is 2. The number of rotatable bonds is 4. The number of para-hydroxylation sites is 3. The van der Waals surface area contributed by atoms with Gasteiger partial charge in [-0.2, -0.15) is 0 Å². The maximum Gasteiger partial charge on any atom is 0.137 e. The van der Waals surface area contributed by atoms with Crippen molar-refractivity contribution in [3.05, 3.63) is 169 Å². The Morgan fingerprint density at radius 2 is 1.19 bits per heavy atom. The van der Waals surface area contributed by atoms with Crippen LogP contribution in [-0.2, 0) is 5.41 Å². The number of hydrogen-bond donors (Lipinski definition) is 0. The van der Waals surface area contributed by atoms with Gasteiger partial charge in [-0.05, 0) is 82.9 Å². The fourth-order valence-electron chi connectivity index (χ4n) is 8.31. The van der Waals surface area contributed by atoms with Crippen LogP contribution < -0.4 is 4.90 Å². The third-order valence-corrected chi connectivity index (χ3v) is 10.3. The molecule has 0 unspecified atom stereocenters. The molecule has 0 fully saturated rings. The zero-order valence-electron chi connectivity index (χ0n) is 26.8. The molecule has 0 aliphatic heterocycles. The van der Waals surface area contributed by atoms with Gasteiger partial charge in [0, 0.05) is 32.9 Å². The first kappa shape index (κ1) is 27.1. The number of fused-ring (bicyclic) bond motifs is 9. The predicted octanol–water partition coefficient (Wildman–Crippen LogP) is 12.5. The van der Waals surface area contributed by atoms with Crippen molar-refractivity contribution in [1.82, 2.24) is 4.57 Å². The van der Waals surface area contributed by atoms with Crippen molar-refractivity contribution >= 4 is 60.8 Å². The summed E-state index contributed by atoms with van der Waals surface area (Å²) in [5.74, 6) is 0. The summed E-state index contributed by atoms with van der Waals surface area (Å²) in [6, 6.07) is 56.9. The molecule has 1 aliphatic carbocycles. The lowest BCUT2D eigenvalue weighted by atomic mass is 9.81. The van der Waals surface area contributed by atoms with Gasteiger partial charge in [0.25, 0.3) is 0 Å². The van der Waals surface area contributed by atoms with Gasteiger partial charge in [0.2, 0.25) is 0 Å². The molecule has 0 radical (unpaired) electrons. The molecule has 9 aromatic rings. The van der Waals surface area contributed by atoms with Crippen LogP contribution in [0.3, 0.4) is 0 Å². The highest BCUT2D eigenvalue weighted by atomic mass is 16.3.